The molecule has 5 aromatic rings. The van der Waals surface area contributed by atoms with Crippen LogP contribution in [0.2, 0.25) is 0 Å². The lowest BCUT2D eigenvalue weighted by atomic mass is 10.1. The number of fused-ring (bicyclic) bond motifs is 3. The van der Waals surface area contributed by atoms with Gasteiger partial charge in [-0.15, -0.1) is 0 Å². The SMILES string of the molecule is CCCCCc1ccc2c3cc(/C=C/c4ccccc4)ccc3n(S(=O)(=O)c3ccccc3)c2n1. The van der Waals surface area contributed by atoms with E-state index in [1.807, 2.05) is 54.6 Å². The summed E-state index contributed by atoms with van der Waals surface area (Å²) in [6, 6.07) is 28.6. The van der Waals surface area contributed by atoms with E-state index in [2.05, 4.69) is 31.2 Å². The molecule has 0 aliphatic rings. The minimum Gasteiger partial charge on any atom is -0.234 e. The van der Waals surface area contributed by atoms with Gasteiger partial charge in [-0.1, -0.05) is 86.5 Å². The average molecular weight is 481 g/mol. The number of unbranched alkanes of at least 4 members (excludes halogenated alkanes) is 2. The van der Waals surface area contributed by atoms with Crippen molar-refractivity contribution in [3.63, 3.8) is 0 Å². The van der Waals surface area contributed by atoms with Crippen molar-refractivity contribution < 1.29 is 8.42 Å². The van der Waals surface area contributed by atoms with E-state index in [1.54, 1.807) is 24.3 Å². The predicted octanol–water partition coefficient (Wildman–Crippen LogP) is 7.33. The first-order valence-electron chi connectivity index (χ1n) is 12.1. The molecular weight excluding hydrogens is 452 g/mol. The molecular formula is C30H28N2O2S. The summed E-state index contributed by atoms with van der Waals surface area (Å²) in [4.78, 5) is 5.12. The Morgan fingerprint density at radius 3 is 2.23 bits per heavy atom. The molecule has 0 saturated heterocycles. The van der Waals surface area contributed by atoms with Gasteiger partial charge in [0.15, 0.2) is 5.65 Å². The molecule has 0 N–H and O–H groups in total. The van der Waals surface area contributed by atoms with Crippen LogP contribution in [-0.4, -0.2) is 17.4 Å². The summed E-state index contributed by atoms with van der Waals surface area (Å²) in [6.45, 7) is 2.17. The smallest absolute Gasteiger partial charge is 0.234 e. The molecule has 0 aliphatic carbocycles. The third-order valence-electron chi connectivity index (χ3n) is 6.24. The standard InChI is InChI=1S/C30H28N2O2S/c1-2-3-6-13-25-19-20-27-28-22-24(17-16-23-11-7-4-8-12-23)18-21-29(28)32(30(27)31-25)35(33,34)26-14-9-5-10-15-26/h4-5,7-12,14-22H,2-3,6,13H2,1H3/b17-16+. The fourth-order valence-corrected chi connectivity index (χ4v) is 5.91. The second-order valence-electron chi connectivity index (χ2n) is 8.73. The highest BCUT2D eigenvalue weighted by Crippen LogP contribution is 2.33. The van der Waals surface area contributed by atoms with E-state index in [0.29, 0.717) is 11.2 Å². The van der Waals surface area contributed by atoms with Gasteiger partial charge in [-0.2, -0.15) is 0 Å². The van der Waals surface area contributed by atoms with Crippen LogP contribution in [0.4, 0.5) is 0 Å². The second-order valence-corrected chi connectivity index (χ2v) is 10.5. The summed E-state index contributed by atoms with van der Waals surface area (Å²) in [5.41, 5.74) is 4.16. The maximum Gasteiger partial charge on any atom is 0.269 e. The predicted molar refractivity (Wildman–Crippen MR) is 145 cm³/mol. The third kappa shape index (κ3) is 4.64. The van der Waals surface area contributed by atoms with E-state index < -0.39 is 10.0 Å². The Labute approximate surface area is 206 Å². The van der Waals surface area contributed by atoms with Crippen molar-refractivity contribution >= 4 is 44.1 Å². The number of rotatable bonds is 8. The molecule has 2 aromatic heterocycles. The van der Waals surface area contributed by atoms with Crippen LogP contribution in [0, 0.1) is 0 Å². The zero-order valence-electron chi connectivity index (χ0n) is 19.8. The van der Waals surface area contributed by atoms with Gasteiger partial charge in [0.1, 0.15) is 0 Å². The summed E-state index contributed by atoms with van der Waals surface area (Å²) in [5.74, 6) is 0. The molecule has 0 bridgehead atoms. The van der Waals surface area contributed by atoms with Gasteiger partial charge >= 0.3 is 0 Å². The average Bonchev–Trinajstić information content (AvgIpc) is 3.22. The first kappa shape index (κ1) is 23.1. The molecule has 0 spiro atoms. The number of nitrogens with zero attached hydrogens (tertiary/aromatic N) is 2. The van der Waals surface area contributed by atoms with Gasteiger partial charge < -0.3 is 0 Å². The number of benzene rings is 3. The molecule has 0 fully saturated rings. The zero-order chi connectivity index (χ0) is 24.3. The highest BCUT2D eigenvalue weighted by molar-refractivity contribution is 7.90. The second kappa shape index (κ2) is 9.88. The van der Waals surface area contributed by atoms with Crippen molar-refractivity contribution in [2.75, 3.05) is 0 Å². The third-order valence-corrected chi connectivity index (χ3v) is 7.96. The van der Waals surface area contributed by atoms with E-state index in [4.69, 9.17) is 4.98 Å². The van der Waals surface area contributed by atoms with Crippen LogP contribution in [0.3, 0.4) is 0 Å². The summed E-state index contributed by atoms with van der Waals surface area (Å²) in [6.07, 6.45) is 8.24. The quantitative estimate of drug-likeness (QED) is 0.173. The molecule has 0 radical (unpaired) electrons. The molecule has 3 aromatic carbocycles. The molecule has 0 atom stereocenters. The Balaban J connectivity index is 1.69. The molecule has 5 heteroatoms. The van der Waals surface area contributed by atoms with Crippen molar-refractivity contribution in [3.05, 3.63) is 108 Å². The highest BCUT2D eigenvalue weighted by atomic mass is 32.2. The maximum atomic E-state index is 13.8. The normalized spacial score (nSPS) is 12.1. The molecule has 35 heavy (non-hydrogen) atoms. The Bertz CT molecular complexity index is 1600. The Kier molecular flexibility index (Phi) is 6.51. The molecule has 2 heterocycles. The van der Waals surface area contributed by atoms with Gasteiger partial charge in [0.05, 0.1) is 10.4 Å². The number of pyridine rings is 1. The van der Waals surface area contributed by atoms with Crippen LogP contribution < -0.4 is 0 Å². The Hall–Kier alpha value is -3.70. The molecule has 0 amide bonds. The largest absolute Gasteiger partial charge is 0.269 e. The fraction of sp³-hybridized carbons (Fsp3) is 0.167. The number of hydrogen-bond acceptors (Lipinski definition) is 3. The zero-order valence-corrected chi connectivity index (χ0v) is 20.6. The van der Waals surface area contributed by atoms with Crippen LogP contribution in [-0.2, 0) is 16.4 Å². The Morgan fingerprint density at radius 2 is 1.49 bits per heavy atom. The van der Waals surface area contributed by atoms with Gasteiger partial charge in [0.25, 0.3) is 10.0 Å². The summed E-state index contributed by atoms with van der Waals surface area (Å²) >= 11 is 0. The van der Waals surface area contributed by atoms with Gasteiger partial charge in [-0.3, -0.25) is 0 Å². The first-order valence-corrected chi connectivity index (χ1v) is 13.5. The van der Waals surface area contributed by atoms with Crippen LogP contribution in [0.1, 0.15) is 43.0 Å². The van der Waals surface area contributed by atoms with Gasteiger partial charge in [0.2, 0.25) is 0 Å². The Morgan fingerprint density at radius 1 is 0.771 bits per heavy atom. The van der Waals surface area contributed by atoms with Crippen molar-refractivity contribution in [1.29, 1.82) is 0 Å². The highest BCUT2D eigenvalue weighted by Gasteiger charge is 2.24. The van der Waals surface area contributed by atoms with Gasteiger partial charge in [-0.05, 0) is 60.4 Å². The van der Waals surface area contributed by atoms with Crippen LogP contribution >= 0.6 is 0 Å². The van der Waals surface area contributed by atoms with E-state index in [0.717, 1.165) is 53.3 Å². The lowest BCUT2D eigenvalue weighted by Gasteiger charge is -2.09. The molecule has 0 saturated carbocycles. The van der Waals surface area contributed by atoms with E-state index >= 15 is 0 Å². The number of hydrogen-bond donors (Lipinski definition) is 0. The van der Waals surface area contributed by atoms with Crippen molar-refractivity contribution in [3.8, 4) is 0 Å². The monoisotopic (exact) mass is 480 g/mol. The topological polar surface area (TPSA) is 52.0 Å². The van der Waals surface area contributed by atoms with Crippen LogP contribution in [0.25, 0.3) is 34.1 Å². The summed E-state index contributed by atoms with van der Waals surface area (Å²) in [5, 5.41) is 1.72. The molecule has 5 rings (SSSR count). The maximum absolute atomic E-state index is 13.8. The van der Waals surface area contributed by atoms with E-state index in [1.165, 1.54) is 3.97 Å². The van der Waals surface area contributed by atoms with Gasteiger partial charge in [-0.25, -0.2) is 17.4 Å². The number of aryl methyl sites for hydroxylation is 1. The van der Waals surface area contributed by atoms with Gasteiger partial charge in [0, 0.05) is 16.5 Å². The molecule has 0 unspecified atom stereocenters. The summed E-state index contributed by atoms with van der Waals surface area (Å²) < 4.78 is 29.0. The molecule has 176 valence electrons. The lowest BCUT2D eigenvalue weighted by molar-refractivity contribution is 0.590. The van der Waals surface area contributed by atoms with E-state index in [9.17, 15) is 8.42 Å². The van der Waals surface area contributed by atoms with Crippen LogP contribution in [0.15, 0.2) is 95.9 Å². The van der Waals surface area contributed by atoms with Crippen molar-refractivity contribution in [1.82, 2.24) is 8.96 Å². The number of aromatic nitrogens is 2. The first-order chi connectivity index (χ1) is 17.1. The van der Waals surface area contributed by atoms with Crippen molar-refractivity contribution in [2.24, 2.45) is 0 Å². The summed E-state index contributed by atoms with van der Waals surface area (Å²) in [7, 11) is -3.82. The van der Waals surface area contributed by atoms with Crippen LogP contribution in [0.5, 0.6) is 0 Å². The molecule has 4 nitrogen and oxygen atoms in total. The minimum atomic E-state index is -3.82. The minimum absolute atomic E-state index is 0.255. The van der Waals surface area contributed by atoms with E-state index in [-0.39, 0.29) is 4.90 Å². The lowest BCUT2D eigenvalue weighted by Crippen LogP contribution is -2.13. The fourth-order valence-electron chi connectivity index (χ4n) is 4.41. The molecule has 0 aliphatic heterocycles. The van der Waals surface area contributed by atoms with Crippen molar-refractivity contribution in [2.45, 2.75) is 37.5 Å².